The van der Waals surface area contributed by atoms with Gasteiger partial charge >= 0.3 is 12.1 Å². The summed E-state index contributed by atoms with van der Waals surface area (Å²) >= 11 is 0. The standard InChI is InChI=1S/C16H15F3N4O4/c1-2-6-27-9-13(15(25)26)20-14(24)12-8-23(22-21-12)11-5-3-4-10(7-11)16(17,18)19/h2-5,7-8,13H,1,6,9H2,(H,20,24)(H,25,26). The molecule has 0 fully saturated rings. The van der Waals surface area contributed by atoms with E-state index in [9.17, 15) is 22.8 Å². The largest absolute Gasteiger partial charge is 0.480 e. The maximum Gasteiger partial charge on any atom is 0.416 e. The Morgan fingerprint density at radius 3 is 2.78 bits per heavy atom. The predicted molar refractivity (Wildman–Crippen MR) is 86.3 cm³/mol. The number of carbonyl (C=O) groups excluding carboxylic acids is 1. The van der Waals surface area contributed by atoms with Crippen molar-refractivity contribution in [2.24, 2.45) is 0 Å². The fourth-order valence-electron chi connectivity index (χ4n) is 1.99. The maximum absolute atomic E-state index is 12.8. The first-order chi connectivity index (χ1) is 12.7. The number of carbonyl (C=O) groups is 2. The molecule has 0 aliphatic rings. The van der Waals surface area contributed by atoms with Crippen molar-refractivity contribution < 1.29 is 32.6 Å². The van der Waals surface area contributed by atoms with Crippen LogP contribution in [0.1, 0.15) is 16.1 Å². The maximum atomic E-state index is 12.8. The van der Waals surface area contributed by atoms with Crippen LogP contribution in [0.2, 0.25) is 0 Å². The summed E-state index contributed by atoms with van der Waals surface area (Å²) in [4.78, 5) is 23.3. The summed E-state index contributed by atoms with van der Waals surface area (Å²) in [5.74, 6) is -2.18. The zero-order valence-electron chi connectivity index (χ0n) is 13.8. The van der Waals surface area contributed by atoms with Crippen LogP contribution in [0.4, 0.5) is 13.2 Å². The number of amides is 1. The molecular weight excluding hydrogens is 369 g/mol. The van der Waals surface area contributed by atoms with Gasteiger partial charge in [0.2, 0.25) is 0 Å². The Kier molecular flexibility index (Phi) is 6.29. The Morgan fingerprint density at radius 2 is 2.15 bits per heavy atom. The molecule has 0 bridgehead atoms. The molecule has 0 aliphatic carbocycles. The van der Waals surface area contributed by atoms with Crippen LogP contribution in [0.5, 0.6) is 0 Å². The molecule has 1 heterocycles. The zero-order chi connectivity index (χ0) is 20.0. The van der Waals surface area contributed by atoms with E-state index in [0.29, 0.717) is 0 Å². The van der Waals surface area contributed by atoms with E-state index in [4.69, 9.17) is 9.84 Å². The topological polar surface area (TPSA) is 106 Å². The molecule has 1 aromatic heterocycles. The van der Waals surface area contributed by atoms with Gasteiger partial charge in [0.1, 0.15) is 0 Å². The number of benzene rings is 1. The fraction of sp³-hybridized carbons (Fsp3) is 0.250. The number of ether oxygens (including phenoxy) is 1. The highest BCUT2D eigenvalue weighted by Crippen LogP contribution is 2.30. The van der Waals surface area contributed by atoms with Gasteiger partial charge in [-0.3, -0.25) is 4.79 Å². The van der Waals surface area contributed by atoms with Gasteiger partial charge in [-0.05, 0) is 18.2 Å². The van der Waals surface area contributed by atoms with Gasteiger partial charge in [-0.25, -0.2) is 9.48 Å². The Morgan fingerprint density at radius 1 is 1.41 bits per heavy atom. The monoisotopic (exact) mass is 384 g/mol. The van der Waals surface area contributed by atoms with Gasteiger partial charge < -0.3 is 15.2 Å². The van der Waals surface area contributed by atoms with Crippen LogP contribution in [-0.2, 0) is 15.7 Å². The summed E-state index contributed by atoms with van der Waals surface area (Å²) in [6.07, 6.45) is -2.02. The molecule has 8 nitrogen and oxygen atoms in total. The number of nitrogens with one attached hydrogen (secondary N) is 1. The van der Waals surface area contributed by atoms with Crippen molar-refractivity contribution in [2.75, 3.05) is 13.2 Å². The van der Waals surface area contributed by atoms with Gasteiger partial charge in [0.05, 0.1) is 30.7 Å². The minimum atomic E-state index is -4.53. The quantitative estimate of drug-likeness (QED) is 0.530. The van der Waals surface area contributed by atoms with Gasteiger partial charge in [-0.15, -0.1) is 11.7 Å². The number of aliphatic carboxylic acids is 1. The molecule has 1 atom stereocenters. The summed E-state index contributed by atoms with van der Waals surface area (Å²) in [5, 5.41) is 18.5. The van der Waals surface area contributed by atoms with E-state index in [-0.39, 0.29) is 24.6 Å². The van der Waals surface area contributed by atoms with Gasteiger partial charge in [0.15, 0.2) is 11.7 Å². The van der Waals surface area contributed by atoms with Crippen molar-refractivity contribution in [3.05, 3.63) is 54.4 Å². The van der Waals surface area contributed by atoms with Gasteiger partial charge in [-0.1, -0.05) is 17.4 Å². The molecule has 2 rings (SSSR count). The third-order valence-electron chi connectivity index (χ3n) is 3.29. The second-order valence-electron chi connectivity index (χ2n) is 5.29. The number of hydrogen-bond donors (Lipinski definition) is 2. The van der Waals surface area contributed by atoms with E-state index in [2.05, 4.69) is 22.2 Å². The third-order valence-corrected chi connectivity index (χ3v) is 3.29. The van der Waals surface area contributed by atoms with Crippen molar-refractivity contribution in [3.63, 3.8) is 0 Å². The lowest BCUT2D eigenvalue weighted by molar-refractivity contribution is -0.140. The van der Waals surface area contributed by atoms with Crippen LogP contribution in [-0.4, -0.2) is 51.2 Å². The number of halogens is 3. The summed E-state index contributed by atoms with van der Waals surface area (Å²) in [7, 11) is 0. The highest BCUT2D eigenvalue weighted by Gasteiger charge is 2.30. The Bertz CT molecular complexity index is 835. The molecule has 27 heavy (non-hydrogen) atoms. The van der Waals surface area contributed by atoms with Crippen LogP contribution in [0.25, 0.3) is 5.69 Å². The molecule has 1 unspecified atom stereocenters. The van der Waals surface area contributed by atoms with Gasteiger partial charge in [0, 0.05) is 0 Å². The second-order valence-corrected chi connectivity index (χ2v) is 5.29. The molecule has 2 N–H and O–H groups in total. The summed E-state index contributed by atoms with van der Waals surface area (Å²) in [5.41, 5.74) is -1.10. The number of alkyl halides is 3. The lowest BCUT2D eigenvalue weighted by Crippen LogP contribution is -2.44. The Hall–Kier alpha value is -3.21. The van der Waals surface area contributed by atoms with Crippen LogP contribution < -0.4 is 5.32 Å². The summed E-state index contributed by atoms with van der Waals surface area (Å²) in [6.45, 7) is 3.22. The Balaban J connectivity index is 2.13. The van der Waals surface area contributed by atoms with Crippen LogP contribution in [0.15, 0.2) is 43.1 Å². The van der Waals surface area contributed by atoms with E-state index in [1.165, 1.54) is 18.2 Å². The molecule has 0 aliphatic heterocycles. The number of aromatic nitrogens is 3. The number of nitrogens with zero attached hydrogens (tertiary/aromatic N) is 3. The SMILES string of the molecule is C=CCOCC(NC(=O)c1cn(-c2cccc(C(F)(F)F)c2)nn1)C(=O)O. The highest BCUT2D eigenvalue weighted by atomic mass is 19.4. The van der Waals surface area contributed by atoms with Crippen molar-refractivity contribution in [1.82, 2.24) is 20.3 Å². The smallest absolute Gasteiger partial charge is 0.416 e. The van der Waals surface area contributed by atoms with Crippen LogP contribution >= 0.6 is 0 Å². The second kappa shape index (κ2) is 8.45. The van der Waals surface area contributed by atoms with Crippen molar-refractivity contribution in [2.45, 2.75) is 12.2 Å². The zero-order valence-corrected chi connectivity index (χ0v) is 13.8. The summed E-state index contributed by atoms with van der Waals surface area (Å²) < 4.78 is 44.3. The first kappa shape index (κ1) is 20.1. The normalized spacial score (nSPS) is 12.4. The molecule has 0 saturated heterocycles. The molecule has 1 aromatic carbocycles. The number of carboxylic acid groups (broad SMARTS) is 1. The van der Waals surface area contributed by atoms with Gasteiger partial charge in [-0.2, -0.15) is 13.2 Å². The lowest BCUT2D eigenvalue weighted by atomic mass is 10.2. The van der Waals surface area contributed by atoms with Crippen molar-refractivity contribution >= 4 is 11.9 Å². The van der Waals surface area contributed by atoms with E-state index in [1.54, 1.807) is 0 Å². The molecular formula is C16H15F3N4O4. The summed E-state index contributed by atoms with van der Waals surface area (Å²) in [6, 6.07) is 2.95. The van der Waals surface area contributed by atoms with Crippen molar-refractivity contribution in [3.8, 4) is 5.69 Å². The van der Waals surface area contributed by atoms with Crippen LogP contribution in [0.3, 0.4) is 0 Å². The van der Waals surface area contributed by atoms with E-state index in [1.807, 2.05) is 0 Å². The van der Waals surface area contributed by atoms with E-state index < -0.39 is 29.7 Å². The average molecular weight is 384 g/mol. The fourth-order valence-corrected chi connectivity index (χ4v) is 1.99. The average Bonchev–Trinajstić information content (AvgIpc) is 3.10. The van der Waals surface area contributed by atoms with E-state index >= 15 is 0 Å². The highest BCUT2D eigenvalue weighted by molar-refractivity contribution is 5.94. The third kappa shape index (κ3) is 5.38. The Labute approximate surface area is 151 Å². The molecule has 0 spiro atoms. The molecule has 0 radical (unpaired) electrons. The molecule has 0 saturated carbocycles. The molecule has 11 heteroatoms. The first-order valence-electron chi connectivity index (χ1n) is 7.54. The van der Waals surface area contributed by atoms with Gasteiger partial charge in [0.25, 0.3) is 5.91 Å². The van der Waals surface area contributed by atoms with Crippen molar-refractivity contribution in [1.29, 1.82) is 0 Å². The first-order valence-corrected chi connectivity index (χ1v) is 7.54. The predicted octanol–water partition coefficient (Wildman–Crippen LogP) is 1.67. The lowest BCUT2D eigenvalue weighted by Gasteiger charge is -2.13. The minimum absolute atomic E-state index is 0.0421. The molecule has 144 valence electrons. The molecule has 1 amide bonds. The molecule has 2 aromatic rings. The minimum Gasteiger partial charge on any atom is -0.480 e. The van der Waals surface area contributed by atoms with E-state index in [0.717, 1.165) is 23.0 Å². The number of rotatable bonds is 8. The number of hydrogen-bond acceptors (Lipinski definition) is 5. The van der Waals surface area contributed by atoms with Crippen LogP contribution in [0, 0.1) is 0 Å². The number of carboxylic acids is 1.